The Labute approximate surface area is 182 Å². The minimum Gasteiger partial charge on any atom is -0.480 e. The summed E-state index contributed by atoms with van der Waals surface area (Å²) in [6, 6.07) is 11.7. The molecule has 3 rings (SSSR count). The molecule has 0 aliphatic heterocycles. The number of thioether (sulfide) groups is 1. The van der Waals surface area contributed by atoms with Gasteiger partial charge in [-0.15, -0.1) is 10.2 Å². The van der Waals surface area contributed by atoms with E-state index in [0.717, 1.165) is 0 Å². The lowest BCUT2D eigenvalue weighted by molar-refractivity contribution is -0.384. The number of para-hydroxylation sites is 1. The standard InChI is InChI=1S/C21H21FN4O4S/c1-13(2)25-20(14(3)30-19-10-5-4-9-17(19)22)23-24-21(25)31-12-18(27)15-7-6-8-16(11-15)26(28)29/h4-11,13-14H,12H2,1-3H3. The average molecular weight is 444 g/mol. The summed E-state index contributed by atoms with van der Waals surface area (Å²) < 4.78 is 21.5. The SMILES string of the molecule is CC(Oc1ccccc1F)c1nnc(SCC(=O)c2cccc([N+](=O)[O-])c2)n1C(C)C. The van der Waals surface area contributed by atoms with Crippen LogP contribution in [-0.4, -0.2) is 31.2 Å². The van der Waals surface area contributed by atoms with Gasteiger partial charge in [0.25, 0.3) is 5.69 Å². The van der Waals surface area contributed by atoms with Gasteiger partial charge in [-0.1, -0.05) is 36.0 Å². The van der Waals surface area contributed by atoms with Crippen molar-refractivity contribution in [2.45, 2.75) is 38.1 Å². The Morgan fingerprint density at radius 3 is 2.61 bits per heavy atom. The molecule has 0 spiro atoms. The van der Waals surface area contributed by atoms with Gasteiger partial charge in [-0.25, -0.2) is 4.39 Å². The second-order valence-corrected chi connectivity index (χ2v) is 7.96. The third-order valence-corrected chi connectivity index (χ3v) is 5.37. The van der Waals surface area contributed by atoms with E-state index in [4.69, 9.17) is 4.74 Å². The van der Waals surface area contributed by atoms with Crippen molar-refractivity contribution in [3.05, 3.63) is 75.9 Å². The number of aromatic nitrogens is 3. The number of benzene rings is 2. The maximum absolute atomic E-state index is 13.9. The number of halogens is 1. The molecule has 1 unspecified atom stereocenters. The normalized spacial score (nSPS) is 12.0. The van der Waals surface area contributed by atoms with Gasteiger partial charge in [0.1, 0.15) is 0 Å². The Morgan fingerprint density at radius 2 is 1.94 bits per heavy atom. The number of nitro groups is 1. The summed E-state index contributed by atoms with van der Waals surface area (Å²) in [6.45, 7) is 5.63. The van der Waals surface area contributed by atoms with Crippen molar-refractivity contribution in [2.75, 3.05) is 5.75 Å². The van der Waals surface area contributed by atoms with Gasteiger partial charge >= 0.3 is 0 Å². The fraction of sp³-hybridized carbons (Fsp3) is 0.286. The van der Waals surface area contributed by atoms with E-state index in [0.29, 0.717) is 11.0 Å². The number of rotatable bonds is 9. The van der Waals surface area contributed by atoms with Crippen LogP contribution in [0.3, 0.4) is 0 Å². The van der Waals surface area contributed by atoms with Gasteiger partial charge < -0.3 is 9.30 Å². The summed E-state index contributed by atoms with van der Waals surface area (Å²) in [5, 5.41) is 19.8. The lowest BCUT2D eigenvalue weighted by Gasteiger charge is -2.19. The van der Waals surface area contributed by atoms with Crippen LogP contribution >= 0.6 is 11.8 Å². The van der Waals surface area contributed by atoms with E-state index in [1.165, 1.54) is 42.1 Å². The minimum atomic E-state index is -0.575. The van der Waals surface area contributed by atoms with Crippen molar-refractivity contribution in [3.63, 3.8) is 0 Å². The molecule has 3 aromatic rings. The molecule has 1 atom stereocenters. The largest absolute Gasteiger partial charge is 0.480 e. The molecule has 31 heavy (non-hydrogen) atoms. The summed E-state index contributed by atoms with van der Waals surface area (Å²) in [5.41, 5.74) is 0.122. The van der Waals surface area contributed by atoms with E-state index in [2.05, 4.69) is 10.2 Å². The van der Waals surface area contributed by atoms with Crippen LogP contribution in [0.1, 0.15) is 49.1 Å². The Bertz CT molecular complexity index is 1100. The smallest absolute Gasteiger partial charge is 0.270 e. The van der Waals surface area contributed by atoms with Crippen molar-refractivity contribution in [3.8, 4) is 5.75 Å². The molecule has 10 heteroatoms. The van der Waals surface area contributed by atoms with E-state index in [1.54, 1.807) is 25.1 Å². The maximum atomic E-state index is 13.9. The minimum absolute atomic E-state index is 0.0351. The number of ketones is 1. The molecule has 162 valence electrons. The average Bonchev–Trinajstić information content (AvgIpc) is 3.18. The molecule has 0 aliphatic rings. The number of hydrogen-bond acceptors (Lipinski definition) is 7. The lowest BCUT2D eigenvalue weighted by Crippen LogP contribution is -2.15. The summed E-state index contributed by atoms with van der Waals surface area (Å²) in [4.78, 5) is 22.9. The van der Waals surface area contributed by atoms with Crippen LogP contribution < -0.4 is 4.74 Å². The highest BCUT2D eigenvalue weighted by molar-refractivity contribution is 7.99. The highest BCUT2D eigenvalue weighted by Crippen LogP contribution is 2.29. The third kappa shape index (κ3) is 5.26. The van der Waals surface area contributed by atoms with E-state index >= 15 is 0 Å². The fourth-order valence-corrected chi connectivity index (χ4v) is 3.91. The number of hydrogen-bond donors (Lipinski definition) is 0. The molecule has 0 N–H and O–H groups in total. The summed E-state index contributed by atoms with van der Waals surface area (Å²) in [5.74, 6) is -0.0765. The van der Waals surface area contributed by atoms with Gasteiger partial charge in [0.15, 0.2) is 34.4 Å². The summed E-state index contributed by atoms with van der Waals surface area (Å²) in [6.07, 6.45) is -0.575. The van der Waals surface area contributed by atoms with Crippen LogP contribution in [0.5, 0.6) is 5.75 Å². The molecule has 0 saturated heterocycles. The van der Waals surface area contributed by atoms with Crippen molar-refractivity contribution in [1.82, 2.24) is 14.8 Å². The van der Waals surface area contributed by atoms with Gasteiger partial charge in [-0.2, -0.15) is 0 Å². The number of non-ortho nitro benzene ring substituents is 1. The van der Waals surface area contributed by atoms with E-state index in [-0.39, 0.29) is 34.6 Å². The molecule has 0 radical (unpaired) electrons. The number of ether oxygens (including phenoxy) is 1. The molecule has 0 fully saturated rings. The predicted molar refractivity (Wildman–Crippen MR) is 114 cm³/mol. The molecule has 0 bridgehead atoms. The molecule has 8 nitrogen and oxygen atoms in total. The van der Waals surface area contributed by atoms with Gasteiger partial charge in [0.2, 0.25) is 0 Å². The van der Waals surface area contributed by atoms with Crippen LogP contribution in [0.4, 0.5) is 10.1 Å². The number of Topliss-reactive ketones (excluding diaryl/α,β-unsaturated/α-hetero) is 1. The molecule has 0 saturated carbocycles. The van der Waals surface area contributed by atoms with Gasteiger partial charge in [0.05, 0.1) is 10.7 Å². The zero-order chi connectivity index (χ0) is 22.5. The van der Waals surface area contributed by atoms with E-state index in [9.17, 15) is 19.3 Å². The van der Waals surface area contributed by atoms with Crippen LogP contribution in [0.2, 0.25) is 0 Å². The first-order valence-corrected chi connectivity index (χ1v) is 10.5. The summed E-state index contributed by atoms with van der Waals surface area (Å²) >= 11 is 1.18. The van der Waals surface area contributed by atoms with Gasteiger partial charge in [0, 0.05) is 23.7 Å². The van der Waals surface area contributed by atoms with Gasteiger partial charge in [-0.3, -0.25) is 14.9 Å². The Morgan fingerprint density at radius 1 is 1.19 bits per heavy atom. The fourth-order valence-electron chi connectivity index (χ4n) is 2.94. The molecule has 2 aromatic carbocycles. The zero-order valence-corrected chi connectivity index (χ0v) is 18.0. The highest BCUT2D eigenvalue weighted by Gasteiger charge is 2.23. The van der Waals surface area contributed by atoms with Crippen molar-refractivity contribution in [1.29, 1.82) is 0 Å². The third-order valence-electron chi connectivity index (χ3n) is 4.42. The van der Waals surface area contributed by atoms with Crippen LogP contribution in [0.25, 0.3) is 0 Å². The molecule has 0 aliphatic carbocycles. The summed E-state index contributed by atoms with van der Waals surface area (Å²) in [7, 11) is 0. The van der Waals surface area contributed by atoms with Crippen LogP contribution in [0, 0.1) is 15.9 Å². The molecular formula is C21H21FN4O4S. The first kappa shape index (κ1) is 22.4. The van der Waals surface area contributed by atoms with E-state index in [1.807, 2.05) is 18.4 Å². The lowest BCUT2D eigenvalue weighted by atomic mass is 10.1. The molecule has 0 amide bonds. The monoisotopic (exact) mass is 444 g/mol. The van der Waals surface area contributed by atoms with E-state index < -0.39 is 16.8 Å². The first-order chi connectivity index (χ1) is 14.8. The number of nitro benzene ring substituents is 1. The van der Waals surface area contributed by atoms with Crippen LogP contribution in [-0.2, 0) is 0 Å². The molecule has 1 aromatic heterocycles. The molecular weight excluding hydrogens is 423 g/mol. The van der Waals surface area contributed by atoms with Gasteiger partial charge in [-0.05, 0) is 32.9 Å². The Hall–Kier alpha value is -3.27. The molecule has 1 heterocycles. The first-order valence-electron chi connectivity index (χ1n) is 9.54. The van der Waals surface area contributed by atoms with Crippen molar-refractivity contribution >= 4 is 23.2 Å². The maximum Gasteiger partial charge on any atom is 0.270 e. The van der Waals surface area contributed by atoms with Crippen molar-refractivity contribution in [2.24, 2.45) is 0 Å². The Balaban J connectivity index is 1.76. The topological polar surface area (TPSA) is 100 Å². The number of nitrogens with zero attached hydrogens (tertiary/aromatic N) is 4. The Kier molecular flexibility index (Phi) is 7.01. The zero-order valence-electron chi connectivity index (χ0n) is 17.2. The second-order valence-electron chi connectivity index (χ2n) is 7.01. The van der Waals surface area contributed by atoms with Crippen molar-refractivity contribution < 1.29 is 18.8 Å². The quantitative estimate of drug-likeness (QED) is 0.198. The van der Waals surface area contributed by atoms with Crippen LogP contribution in [0.15, 0.2) is 53.7 Å². The number of carbonyl (C=O) groups is 1. The number of carbonyl (C=O) groups excluding carboxylic acids is 1. The predicted octanol–water partition coefficient (Wildman–Crippen LogP) is 5.02. The highest BCUT2D eigenvalue weighted by atomic mass is 32.2. The second kappa shape index (κ2) is 9.69.